The lowest BCUT2D eigenvalue weighted by molar-refractivity contribution is -0.137. The lowest BCUT2D eigenvalue weighted by Gasteiger charge is -2.12. The molecule has 1 aromatic heterocycles. The van der Waals surface area contributed by atoms with Crippen LogP contribution in [0.2, 0.25) is 0 Å². The van der Waals surface area contributed by atoms with Gasteiger partial charge >= 0.3 is 5.97 Å². The lowest BCUT2D eigenvalue weighted by atomic mass is 9.97. The maximum atomic E-state index is 10.8. The van der Waals surface area contributed by atoms with Crippen molar-refractivity contribution < 1.29 is 9.90 Å². The standard InChI is InChI=1S/C15H20N2O2/c1-9(2)17-11(4)16-13-8-12(5-6-14(13)17)10(3)7-15(18)19/h5-6,8-10H,7H2,1-4H3,(H,18,19). The monoisotopic (exact) mass is 260 g/mol. The fourth-order valence-electron chi connectivity index (χ4n) is 2.57. The van der Waals surface area contributed by atoms with Crippen molar-refractivity contribution in [1.29, 1.82) is 0 Å². The first kappa shape index (κ1) is 13.6. The molecule has 0 fully saturated rings. The number of carboxylic acids is 1. The van der Waals surface area contributed by atoms with E-state index < -0.39 is 5.97 Å². The van der Waals surface area contributed by atoms with Gasteiger partial charge < -0.3 is 9.67 Å². The van der Waals surface area contributed by atoms with E-state index in [0.29, 0.717) is 6.04 Å². The highest BCUT2D eigenvalue weighted by molar-refractivity contribution is 5.77. The highest BCUT2D eigenvalue weighted by Crippen LogP contribution is 2.26. The molecular formula is C15H20N2O2. The molecule has 1 heterocycles. The number of aryl methyl sites for hydroxylation is 1. The van der Waals surface area contributed by atoms with Crippen molar-refractivity contribution in [3.05, 3.63) is 29.6 Å². The van der Waals surface area contributed by atoms with Gasteiger partial charge in [-0.05, 0) is 44.4 Å². The summed E-state index contributed by atoms with van der Waals surface area (Å²) in [6.45, 7) is 8.20. The van der Waals surface area contributed by atoms with Gasteiger partial charge in [0.25, 0.3) is 0 Å². The Morgan fingerprint density at radius 2 is 2.05 bits per heavy atom. The molecule has 0 aliphatic rings. The van der Waals surface area contributed by atoms with Crippen LogP contribution in [0.4, 0.5) is 0 Å². The third-order valence-corrected chi connectivity index (χ3v) is 3.46. The number of hydrogen-bond donors (Lipinski definition) is 1. The van der Waals surface area contributed by atoms with Crippen molar-refractivity contribution in [1.82, 2.24) is 9.55 Å². The molecule has 1 unspecified atom stereocenters. The van der Waals surface area contributed by atoms with Gasteiger partial charge in [-0.1, -0.05) is 13.0 Å². The number of hydrogen-bond acceptors (Lipinski definition) is 2. The predicted molar refractivity (Wildman–Crippen MR) is 75.5 cm³/mol. The molecule has 0 spiro atoms. The van der Waals surface area contributed by atoms with Gasteiger partial charge in [0.2, 0.25) is 0 Å². The van der Waals surface area contributed by atoms with Crippen LogP contribution in [0.25, 0.3) is 11.0 Å². The van der Waals surface area contributed by atoms with Crippen LogP contribution in [0.5, 0.6) is 0 Å². The SMILES string of the molecule is Cc1nc2cc(C(C)CC(=O)O)ccc2n1C(C)C. The molecule has 0 aliphatic heterocycles. The Labute approximate surface area is 113 Å². The minimum atomic E-state index is -0.767. The Morgan fingerprint density at radius 1 is 1.37 bits per heavy atom. The molecule has 2 aromatic rings. The number of carboxylic acid groups (broad SMARTS) is 1. The van der Waals surface area contributed by atoms with Crippen molar-refractivity contribution >= 4 is 17.0 Å². The van der Waals surface area contributed by atoms with Crippen molar-refractivity contribution in [2.45, 2.75) is 46.1 Å². The third-order valence-electron chi connectivity index (χ3n) is 3.46. The second kappa shape index (κ2) is 5.03. The van der Waals surface area contributed by atoms with Crippen molar-refractivity contribution in [3.8, 4) is 0 Å². The molecule has 0 saturated carbocycles. The Bertz CT molecular complexity index is 614. The molecule has 0 amide bonds. The fraction of sp³-hybridized carbons (Fsp3) is 0.467. The van der Waals surface area contributed by atoms with E-state index in [0.717, 1.165) is 22.4 Å². The van der Waals surface area contributed by atoms with E-state index in [2.05, 4.69) is 23.4 Å². The average molecular weight is 260 g/mol. The second-order valence-corrected chi connectivity index (χ2v) is 5.37. The van der Waals surface area contributed by atoms with Crippen molar-refractivity contribution in [2.75, 3.05) is 0 Å². The van der Waals surface area contributed by atoms with Gasteiger partial charge in [0.15, 0.2) is 0 Å². The summed E-state index contributed by atoms with van der Waals surface area (Å²) in [5.74, 6) is 0.232. The summed E-state index contributed by atoms with van der Waals surface area (Å²) in [7, 11) is 0. The number of carbonyl (C=O) groups is 1. The van der Waals surface area contributed by atoms with Gasteiger partial charge in [0, 0.05) is 6.04 Å². The maximum absolute atomic E-state index is 10.8. The van der Waals surface area contributed by atoms with Crippen molar-refractivity contribution in [3.63, 3.8) is 0 Å². The van der Waals surface area contributed by atoms with E-state index >= 15 is 0 Å². The third kappa shape index (κ3) is 2.62. The van der Waals surface area contributed by atoms with E-state index in [-0.39, 0.29) is 12.3 Å². The van der Waals surface area contributed by atoms with Gasteiger partial charge in [-0.15, -0.1) is 0 Å². The van der Waals surface area contributed by atoms with Crippen LogP contribution in [-0.4, -0.2) is 20.6 Å². The summed E-state index contributed by atoms with van der Waals surface area (Å²) in [4.78, 5) is 15.3. The normalized spacial score (nSPS) is 13.1. The average Bonchev–Trinajstić information content (AvgIpc) is 2.62. The van der Waals surface area contributed by atoms with Crippen LogP contribution < -0.4 is 0 Å². The fourth-order valence-corrected chi connectivity index (χ4v) is 2.57. The lowest BCUT2D eigenvalue weighted by Crippen LogP contribution is -2.04. The molecule has 0 bridgehead atoms. The number of aliphatic carboxylic acids is 1. The summed E-state index contributed by atoms with van der Waals surface area (Å²) in [5, 5.41) is 8.86. The first-order valence-electron chi connectivity index (χ1n) is 6.60. The second-order valence-electron chi connectivity index (χ2n) is 5.37. The number of rotatable bonds is 4. The van der Waals surface area contributed by atoms with Gasteiger partial charge in [0.05, 0.1) is 17.5 Å². The van der Waals surface area contributed by atoms with E-state index in [9.17, 15) is 4.79 Å². The molecule has 19 heavy (non-hydrogen) atoms. The van der Waals surface area contributed by atoms with E-state index in [1.807, 2.05) is 32.0 Å². The van der Waals surface area contributed by atoms with Crippen LogP contribution >= 0.6 is 0 Å². The van der Waals surface area contributed by atoms with Gasteiger partial charge in [-0.2, -0.15) is 0 Å². The molecule has 4 nitrogen and oxygen atoms in total. The molecule has 2 rings (SSSR count). The molecular weight excluding hydrogens is 240 g/mol. The number of nitrogens with zero attached hydrogens (tertiary/aromatic N) is 2. The van der Waals surface area contributed by atoms with Crippen molar-refractivity contribution in [2.24, 2.45) is 0 Å². The topological polar surface area (TPSA) is 55.1 Å². The molecule has 1 atom stereocenters. The molecule has 0 saturated heterocycles. The molecule has 0 aliphatic carbocycles. The molecule has 0 radical (unpaired) electrons. The summed E-state index contributed by atoms with van der Waals surface area (Å²) in [6, 6.07) is 6.43. The van der Waals surface area contributed by atoms with Crippen LogP contribution in [0.15, 0.2) is 18.2 Å². The van der Waals surface area contributed by atoms with E-state index in [1.54, 1.807) is 0 Å². The minimum absolute atomic E-state index is 0.00593. The zero-order chi connectivity index (χ0) is 14.2. The quantitative estimate of drug-likeness (QED) is 0.915. The largest absolute Gasteiger partial charge is 0.481 e. The highest BCUT2D eigenvalue weighted by atomic mass is 16.4. The number of imidazole rings is 1. The van der Waals surface area contributed by atoms with Crippen LogP contribution in [0.1, 0.15) is 50.5 Å². The van der Waals surface area contributed by atoms with E-state index in [1.165, 1.54) is 0 Å². The highest BCUT2D eigenvalue weighted by Gasteiger charge is 2.14. The zero-order valence-electron chi connectivity index (χ0n) is 11.8. The van der Waals surface area contributed by atoms with Gasteiger partial charge in [0.1, 0.15) is 5.82 Å². The van der Waals surface area contributed by atoms with E-state index in [4.69, 9.17) is 5.11 Å². The summed E-state index contributed by atoms with van der Waals surface area (Å²) >= 11 is 0. The summed E-state index contributed by atoms with van der Waals surface area (Å²) in [6.07, 6.45) is 0.148. The Hall–Kier alpha value is -1.84. The van der Waals surface area contributed by atoms with Gasteiger partial charge in [-0.25, -0.2) is 4.98 Å². The Kier molecular flexibility index (Phi) is 3.60. The minimum Gasteiger partial charge on any atom is -0.481 e. The molecule has 1 aromatic carbocycles. The maximum Gasteiger partial charge on any atom is 0.303 e. The first-order valence-corrected chi connectivity index (χ1v) is 6.60. The number of benzene rings is 1. The van der Waals surface area contributed by atoms with Crippen LogP contribution in [0.3, 0.4) is 0 Å². The Balaban J connectivity index is 2.45. The number of fused-ring (bicyclic) bond motifs is 1. The van der Waals surface area contributed by atoms with Crippen LogP contribution in [0, 0.1) is 6.92 Å². The molecule has 1 N–H and O–H groups in total. The summed E-state index contributed by atoms with van der Waals surface area (Å²) < 4.78 is 2.20. The zero-order valence-corrected chi connectivity index (χ0v) is 11.8. The molecule has 102 valence electrons. The van der Waals surface area contributed by atoms with Crippen LogP contribution in [-0.2, 0) is 4.79 Å². The summed E-state index contributed by atoms with van der Waals surface area (Å²) in [5.41, 5.74) is 3.09. The first-order chi connectivity index (χ1) is 8.90. The number of aromatic nitrogens is 2. The predicted octanol–water partition coefficient (Wildman–Crippen LogP) is 3.50. The van der Waals surface area contributed by atoms with Gasteiger partial charge in [-0.3, -0.25) is 4.79 Å². The Morgan fingerprint density at radius 3 is 2.63 bits per heavy atom. The smallest absolute Gasteiger partial charge is 0.303 e. The molecule has 4 heteroatoms.